The summed E-state index contributed by atoms with van der Waals surface area (Å²) in [4.78, 5) is 40.5. The Balaban J connectivity index is 1.50. The molecule has 2 N–H and O–H groups in total. The van der Waals surface area contributed by atoms with Crippen molar-refractivity contribution in [2.45, 2.75) is 19.6 Å². The Morgan fingerprint density at radius 2 is 1.64 bits per heavy atom. The number of carbonyl (C=O) groups is 2. The largest absolute Gasteiger partial charge is 0.418 e. The maximum absolute atomic E-state index is 13.5. The number of aryl methyl sites for hydroxylation is 1. The molecule has 0 radical (unpaired) electrons. The van der Waals surface area contributed by atoms with Gasteiger partial charge in [0, 0.05) is 50.0 Å². The molecule has 36 heavy (non-hydrogen) atoms. The fraction of sp³-hybridized carbons (Fsp3) is 0.280. The van der Waals surface area contributed by atoms with Crippen LogP contribution in [0.3, 0.4) is 0 Å². The van der Waals surface area contributed by atoms with Gasteiger partial charge in [-0.3, -0.25) is 19.3 Å². The molecule has 8 nitrogen and oxygen atoms in total. The van der Waals surface area contributed by atoms with E-state index in [-0.39, 0.29) is 11.4 Å². The van der Waals surface area contributed by atoms with E-state index >= 15 is 0 Å². The normalized spacial score (nSPS) is 14.6. The van der Waals surface area contributed by atoms with Gasteiger partial charge in [0.25, 0.3) is 5.91 Å². The quantitative estimate of drug-likeness (QED) is 0.582. The van der Waals surface area contributed by atoms with Crippen LogP contribution in [-0.2, 0) is 12.7 Å². The first-order valence-corrected chi connectivity index (χ1v) is 11.2. The molecule has 4 rings (SSSR count). The monoisotopic (exact) mass is 499 g/mol. The third-order valence-corrected chi connectivity index (χ3v) is 6.05. The lowest BCUT2D eigenvalue weighted by atomic mass is 10.1. The summed E-state index contributed by atoms with van der Waals surface area (Å²) in [6.45, 7) is 3.77. The van der Waals surface area contributed by atoms with Crippen molar-refractivity contribution in [2.75, 3.05) is 26.2 Å². The summed E-state index contributed by atoms with van der Waals surface area (Å²) in [6, 6.07) is 12.9. The molecule has 1 aromatic heterocycles. The lowest BCUT2D eigenvalue weighted by Gasteiger charge is -2.34. The molecule has 2 aromatic carbocycles. The molecule has 3 aromatic rings. The van der Waals surface area contributed by atoms with Gasteiger partial charge < -0.3 is 10.6 Å². The number of para-hydroxylation sites is 1. The van der Waals surface area contributed by atoms with Crippen molar-refractivity contribution in [2.24, 2.45) is 5.73 Å². The third kappa shape index (κ3) is 5.30. The maximum atomic E-state index is 13.5. The Bertz CT molecular complexity index is 1340. The predicted octanol–water partition coefficient (Wildman–Crippen LogP) is 2.62. The number of alkyl halides is 3. The zero-order valence-electron chi connectivity index (χ0n) is 19.5. The molecule has 0 spiro atoms. The molecule has 1 saturated heterocycles. The number of primary amides is 1. The zero-order chi connectivity index (χ0) is 26.0. The first-order valence-electron chi connectivity index (χ1n) is 11.2. The van der Waals surface area contributed by atoms with Gasteiger partial charge in [0.1, 0.15) is 0 Å². The summed E-state index contributed by atoms with van der Waals surface area (Å²) in [7, 11) is 0. The van der Waals surface area contributed by atoms with Crippen LogP contribution in [0.15, 0.2) is 59.4 Å². The van der Waals surface area contributed by atoms with Crippen LogP contribution in [0.25, 0.3) is 5.69 Å². The fourth-order valence-electron chi connectivity index (χ4n) is 4.13. The van der Waals surface area contributed by atoms with E-state index in [4.69, 9.17) is 5.73 Å². The van der Waals surface area contributed by atoms with Gasteiger partial charge in [-0.1, -0.05) is 24.3 Å². The topological polar surface area (TPSA) is 102 Å². The molecule has 2 amide bonds. The molecule has 1 aliphatic rings. The molecular formula is C25H24F3N5O3. The Morgan fingerprint density at radius 3 is 2.25 bits per heavy atom. The molecular weight excluding hydrogens is 475 g/mol. The number of hydrogen-bond donors (Lipinski definition) is 1. The van der Waals surface area contributed by atoms with Crippen LogP contribution < -0.4 is 11.2 Å². The highest BCUT2D eigenvalue weighted by molar-refractivity contribution is 5.93. The van der Waals surface area contributed by atoms with Gasteiger partial charge in [-0.15, -0.1) is 0 Å². The van der Waals surface area contributed by atoms with Crippen molar-refractivity contribution in [3.05, 3.63) is 92.9 Å². The second kappa shape index (κ2) is 9.94. The summed E-state index contributed by atoms with van der Waals surface area (Å²) in [5.41, 5.74) is 4.60. The van der Waals surface area contributed by atoms with E-state index < -0.39 is 34.7 Å². The minimum Gasteiger partial charge on any atom is -0.366 e. The highest BCUT2D eigenvalue weighted by atomic mass is 19.4. The highest BCUT2D eigenvalue weighted by Gasteiger charge is 2.34. The Morgan fingerprint density at radius 1 is 1.00 bits per heavy atom. The van der Waals surface area contributed by atoms with E-state index in [2.05, 4.69) is 10.00 Å². The van der Waals surface area contributed by atoms with Crippen molar-refractivity contribution in [1.82, 2.24) is 19.6 Å². The van der Waals surface area contributed by atoms with E-state index in [0.29, 0.717) is 38.3 Å². The number of carbonyl (C=O) groups excluding carboxylic acids is 2. The minimum atomic E-state index is -4.63. The summed E-state index contributed by atoms with van der Waals surface area (Å²) >= 11 is 0. The summed E-state index contributed by atoms with van der Waals surface area (Å²) < 4.78 is 41.6. The molecule has 0 aliphatic carbocycles. The molecule has 188 valence electrons. The third-order valence-electron chi connectivity index (χ3n) is 6.05. The van der Waals surface area contributed by atoms with Crippen LogP contribution in [0, 0.1) is 6.92 Å². The van der Waals surface area contributed by atoms with Gasteiger partial charge in [-0.2, -0.15) is 18.3 Å². The van der Waals surface area contributed by atoms with Crippen molar-refractivity contribution in [3.8, 4) is 5.69 Å². The molecule has 0 saturated carbocycles. The number of nitrogens with two attached hydrogens (primary N) is 1. The Kier molecular flexibility index (Phi) is 6.93. The average Bonchev–Trinajstić information content (AvgIpc) is 2.84. The van der Waals surface area contributed by atoms with Gasteiger partial charge in [0.2, 0.25) is 11.3 Å². The number of amides is 2. The van der Waals surface area contributed by atoms with Crippen LogP contribution in [0.4, 0.5) is 13.2 Å². The van der Waals surface area contributed by atoms with Gasteiger partial charge in [-0.05, 0) is 36.8 Å². The van der Waals surface area contributed by atoms with Crippen LogP contribution in [0.2, 0.25) is 0 Å². The number of piperazine rings is 1. The zero-order valence-corrected chi connectivity index (χ0v) is 19.5. The van der Waals surface area contributed by atoms with E-state index in [1.807, 2.05) is 12.1 Å². The molecule has 0 unspecified atom stereocenters. The molecule has 0 bridgehead atoms. The van der Waals surface area contributed by atoms with Gasteiger partial charge in [0.15, 0.2) is 5.69 Å². The van der Waals surface area contributed by atoms with Gasteiger partial charge in [0.05, 0.1) is 11.3 Å². The van der Waals surface area contributed by atoms with Gasteiger partial charge in [-0.25, -0.2) is 4.68 Å². The lowest BCUT2D eigenvalue weighted by Crippen LogP contribution is -2.49. The fourth-order valence-corrected chi connectivity index (χ4v) is 4.13. The number of hydrogen-bond acceptors (Lipinski definition) is 5. The molecule has 11 heteroatoms. The van der Waals surface area contributed by atoms with E-state index in [9.17, 15) is 27.6 Å². The minimum absolute atomic E-state index is 0.181. The van der Waals surface area contributed by atoms with Crippen molar-refractivity contribution < 1.29 is 22.8 Å². The number of nitrogens with zero attached hydrogens (tertiary/aromatic N) is 4. The highest BCUT2D eigenvalue weighted by Crippen LogP contribution is 2.33. The average molecular weight is 499 g/mol. The second-order valence-corrected chi connectivity index (χ2v) is 8.55. The molecule has 1 fully saturated rings. The Hall–Kier alpha value is -3.99. The number of benzene rings is 2. The standard InChI is InChI=1S/C25H24F3N5O3/c1-16-14-21(34)22(30-33(16)20-5-3-2-4-19(20)25(26,27)28)24(36)32-12-10-31(11-13-32)15-17-6-8-18(9-7-17)23(29)35/h2-9,14H,10-13,15H2,1H3,(H2,29,35). The first-order chi connectivity index (χ1) is 17.0. The molecule has 1 aliphatic heterocycles. The summed E-state index contributed by atoms with van der Waals surface area (Å²) in [5, 5.41) is 4.06. The second-order valence-electron chi connectivity index (χ2n) is 8.55. The van der Waals surface area contributed by atoms with E-state index in [1.165, 1.54) is 30.0 Å². The number of aromatic nitrogens is 2. The molecule has 0 atom stereocenters. The number of halogens is 3. The summed E-state index contributed by atoms with van der Waals surface area (Å²) in [6.07, 6.45) is -4.63. The van der Waals surface area contributed by atoms with Crippen molar-refractivity contribution in [3.63, 3.8) is 0 Å². The first kappa shape index (κ1) is 25.1. The SMILES string of the molecule is Cc1cc(=O)c(C(=O)N2CCN(Cc3ccc(C(N)=O)cc3)CC2)nn1-c1ccccc1C(F)(F)F. The predicted molar refractivity (Wildman–Crippen MR) is 126 cm³/mol. The summed E-state index contributed by atoms with van der Waals surface area (Å²) in [5.74, 6) is -1.12. The van der Waals surface area contributed by atoms with E-state index in [1.54, 1.807) is 12.1 Å². The van der Waals surface area contributed by atoms with Crippen LogP contribution in [0.1, 0.15) is 37.7 Å². The van der Waals surface area contributed by atoms with Crippen LogP contribution in [-0.4, -0.2) is 57.6 Å². The molecule has 2 heterocycles. The van der Waals surface area contributed by atoms with Gasteiger partial charge >= 0.3 is 6.18 Å². The van der Waals surface area contributed by atoms with Crippen LogP contribution in [0.5, 0.6) is 0 Å². The van der Waals surface area contributed by atoms with Crippen molar-refractivity contribution in [1.29, 1.82) is 0 Å². The Labute approximate surface area is 204 Å². The lowest BCUT2D eigenvalue weighted by molar-refractivity contribution is -0.137. The number of rotatable bonds is 5. The smallest absolute Gasteiger partial charge is 0.366 e. The van der Waals surface area contributed by atoms with Crippen molar-refractivity contribution >= 4 is 11.8 Å². The van der Waals surface area contributed by atoms with E-state index in [0.717, 1.165) is 22.4 Å². The maximum Gasteiger partial charge on any atom is 0.418 e. The van der Waals surface area contributed by atoms with Crippen LogP contribution >= 0.6 is 0 Å².